The largest absolute Gasteiger partial charge is 0.378 e. The molecule has 0 aliphatic rings. The van der Waals surface area contributed by atoms with Gasteiger partial charge in [0.25, 0.3) is 0 Å². The van der Waals surface area contributed by atoms with Crippen LogP contribution in [0.5, 0.6) is 0 Å². The second-order valence-corrected chi connectivity index (χ2v) is 5.40. The van der Waals surface area contributed by atoms with Crippen LogP contribution in [0.3, 0.4) is 0 Å². The molecule has 0 saturated heterocycles. The van der Waals surface area contributed by atoms with Crippen LogP contribution in [0.4, 0.5) is 5.69 Å². The van der Waals surface area contributed by atoms with Gasteiger partial charge in [-0.25, -0.2) is 0 Å². The lowest BCUT2D eigenvalue weighted by Gasteiger charge is -2.17. The maximum Gasteiger partial charge on any atom is 0.0361 e. The van der Waals surface area contributed by atoms with Crippen LogP contribution >= 0.6 is 15.9 Å². The Labute approximate surface area is 95.2 Å². The molecule has 1 aromatic carbocycles. The average Bonchev–Trinajstić information content (AvgIpc) is 2.16. The molecule has 14 heavy (non-hydrogen) atoms. The number of rotatable bonds is 3. The highest BCUT2D eigenvalue weighted by molar-refractivity contribution is 9.09. The van der Waals surface area contributed by atoms with Crippen molar-refractivity contribution < 1.29 is 0 Å². The first-order valence-electron chi connectivity index (χ1n) is 4.93. The van der Waals surface area contributed by atoms with E-state index in [0.29, 0.717) is 10.7 Å². The minimum Gasteiger partial charge on any atom is -0.378 e. The second kappa shape index (κ2) is 4.83. The molecule has 0 saturated carbocycles. The molecule has 78 valence electrons. The lowest BCUT2D eigenvalue weighted by Crippen LogP contribution is -2.09. The summed E-state index contributed by atoms with van der Waals surface area (Å²) in [4.78, 5) is 2.64. The first kappa shape index (κ1) is 11.6. The zero-order valence-electron chi connectivity index (χ0n) is 9.29. The molecule has 0 heterocycles. The Morgan fingerprint density at radius 3 is 1.93 bits per heavy atom. The second-order valence-electron chi connectivity index (χ2n) is 3.95. The van der Waals surface area contributed by atoms with E-state index >= 15 is 0 Å². The van der Waals surface area contributed by atoms with Crippen molar-refractivity contribution >= 4 is 21.6 Å². The normalized spacial score (nSPS) is 14.9. The van der Waals surface area contributed by atoms with Gasteiger partial charge in [0.2, 0.25) is 0 Å². The van der Waals surface area contributed by atoms with E-state index in [-0.39, 0.29) is 0 Å². The number of alkyl halides is 1. The van der Waals surface area contributed by atoms with Gasteiger partial charge < -0.3 is 4.90 Å². The van der Waals surface area contributed by atoms with Crippen molar-refractivity contribution in [3.8, 4) is 0 Å². The molecule has 1 aromatic rings. The predicted octanol–water partition coefficient (Wildman–Crippen LogP) is 3.64. The minimum atomic E-state index is 0.521. The fourth-order valence-electron chi connectivity index (χ4n) is 1.34. The summed E-state index contributed by atoms with van der Waals surface area (Å²) in [5, 5.41) is 0. The van der Waals surface area contributed by atoms with Crippen LogP contribution in [0.25, 0.3) is 0 Å². The molecule has 2 heteroatoms. The highest BCUT2D eigenvalue weighted by Crippen LogP contribution is 2.25. The lowest BCUT2D eigenvalue weighted by atomic mass is 9.98. The van der Waals surface area contributed by atoms with Crippen molar-refractivity contribution in [1.29, 1.82) is 0 Å². The van der Waals surface area contributed by atoms with Gasteiger partial charge >= 0.3 is 0 Å². The summed E-state index contributed by atoms with van der Waals surface area (Å²) >= 11 is 3.61. The quantitative estimate of drug-likeness (QED) is 0.746. The zero-order valence-corrected chi connectivity index (χ0v) is 10.9. The summed E-state index contributed by atoms with van der Waals surface area (Å²) in [6.07, 6.45) is 0. The average molecular weight is 256 g/mol. The van der Waals surface area contributed by atoms with Gasteiger partial charge in [-0.2, -0.15) is 0 Å². The fraction of sp³-hybridized carbons (Fsp3) is 0.500. The molecule has 0 bridgehead atoms. The summed E-state index contributed by atoms with van der Waals surface area (Å²) in [7, 11) is 4.12. The van der Waals surface area contributed by atoms with Gasteiger partial charge in [0, 0.05) is 24.6 Å². The van der Waals surface area contributed by atoms with E-state index in [1.807, 2.05) is 0 Å². The third kappa shape index (κ3) is 2.74. The van der Waals surface area contributed by atoms with Crippen LogP contribution in [0.1, 0.15) is 25.3 Å². The summed E-state index contributed by atoms with van der Waals surface area (Å²) in [5.74, 6) is 0.561. The van der Waals surface area contributed by atoms with Crippen LogP contribution in [0.2, 0.25) is 0 Å². The van der Waals surface area contributed by atoms with Gasteiger partial charge in [-0.3, -0.25) is 0 Å². The third-order valence-corrected chi connectivity index (χ3v) is 3.42. The van der Waals surface area contributed by atoms with Crippen molar-refractivity contribution in [2.24, 2.45) is 0 Å². The molecule has 0 spiro atoms. The van der Waals surface area contributed by atoms with E-state index in [1.54, 1.807) is 0 Å². The number of hydrogen-bond acceptors (Lipinski definition) is 1. The van der Waals surface area contributed by atoms with Crippen LogP contribution in [0, 0.1) is 0 Å². The van der Waals surface area contributed by atoms with Gasteiger partial charge in [-0.15, -0.1) is 0 Å². The SMILES string of the molecule is CC(Br)C(C)c1ccc(N(C)C)cc1. The molecule has 0 aromatic heterocycles. The molecule has 1 rings (SSSR count). The van der Waals surface area contributed by atoms with Gasteiger partial charge in [0.15, 0.2) is 0 Å². The molecule has 0 N–H and O–H groups in total. The summed E-state index contributed by atoms with van der Waals surface area (Å²) in [5.41, 5.74) is 2.64. The summed E-state index contributed by atoms with van der Waals surface area (Å²) < 4.78 is 0. The molecular weight excluding hydrogens is 238 g/mol. The van der Waals surface area contributed by atoms with Crippen molar-refractivity contribution in [2.75, 3.05) is 19.0 Å². The van der Waals surface area contributed by atoms with Gasteiger partial charge in [0.1, 0.15) is 0 Å². The molecule has 0 aliphatic carbocycles. The highest BCUT2D eigenvalue weighted by Gasteiger charge is 2.10. The van der Waals surface area contributed by atoms with Crippen LogP contribution in [0.15, 0.2) is 24.3 Å². The van der Waals surface area contributed by atoms with Gasteiger partial charge in [-0.05, 0) is 23.6 Å². The lowest BCUT2D eigenvalue weighted by molar-refractivity contribution is 0.761. The van der Waals surface area contributed by atoms with E-state index < -0.39 is 0 Å². The highest BCUT2D eigenvalue weighted by atomic mass is 79.9. The first-order chi connectivity index (χ1) is 6.52. The summed E-state index contributed by atoms with van der Waals surface area (Å²) in [6.45, 7) is 4.43. The van der Waals surface area contributed by atoms with E-state index in [9.17, 15) is 0 Å². The Morgan fingerprint density at radius 1 is 1.07 bits per heavy atom. The number of nitrogens with zero attached hydrogens (tertiary/aromatic N) is 1. The predicted molar refractivity (Wildman–Crippen MR) is 67.6 cm³/mol. The number of halogens is 1. The van der Waals surface area contributed by atoms with E-state index in [4.69, 9.17) is 0 Å². The molecule has 0 amide bonds. The number of anilines is 1. The Hall–Kier alpha value is -0.500. The Kier molecular flexibility index (Phi) is 3.99. The van der Waals surface area contributed by atoms with E-state index in [0.717, 1.165) is 0 Å². The third-order valence-electron chi connectivity index (χ3n) is 2.62. The van der Waals surface area contributed by atoms with Gasteiger partial charge in [0.05, 0.1) is 0 Å². The maximum atomic E-state index is 3.61. The van der Waals surface area contributed by atoms with Gasteiger partial charge in [-0.1, -0.05) is 41.9 Å². The molecule has 2 atom stereocenters. The monoisotopic (exact) mass is 255 g/mol. The fourth-order valence-corrected chi connectivity index (χ4v) is 1.65. The Morgan fingerprint density at radius 2 is 1.57 bits per heavy atom. The first-order valence-corrected chi connectivity index (χ1v) is 5.85. The Balaban J connectivity index is 2.83. The standard InChI is InChI=1S/C12H18BrN/c1-9(10(2)13)11-5-7-12(8-6-11)14(3)4/h5-10H,1-4H3. The van der Waals surface area contributed by atoms with E-state index in [1.165, 1.54) is 11.3 Å². The van der Waals surface area contributed by atoms with Crippen molar-refractivity contribution in [3.63, 3.8) is 0 Å². The smallest absolute Gasteiger partial charge is 0.0361 e. The van der Waals surface area contributed by atoms with Crippen molar-refractivity contribution in [1.82, 2.24) is 0 Å². The maximum absolute atomic E-state index is 3.61. The van der Waals surface area contributed by atoms with E-state index in [2.05, 4.69) is 73.0 Å². The molecule has 0 fully saturated rings. The molecule has 2 unspecified atom stereocenters. The molecular formula is C12H18BrN. The van der Waals surface area contributed by atoms with Crippen molar-refractivity contribution in [2.45, 2.75) is 24.6 Å². The van der Waals surface area contributed by atoms with Crippen molar-refractivity contribution in [3.05, 3.63) is 29.8 Å². The molecule has 1 nitrogen and oxygen atoms in total. The zero-order chi connectivity index (χ0) is 10.7. The molecule has 0 aliphatic heterocycles. The summed E-state index contributed by atoms with van der Waals surface area (Å²) in [6, 6.07) is 8.75. The minimum absolute atomic E-state index is 0.521. The number of hydrogen-bond donors (Lipinski definition) is 0. The van der Waals surface area contributed by atoms with Crippen LogP contribution in [-0.4, -0.2) is 18.9 Å². The number of benzene rings is 1. The topological polar surface area (TPSA) is 3.24 Å². The Bertz CT molecular complexity index is 277. The molecule has 0 radical (unpaired) electrons. The van der Waals surface area contributed by atoms with Crippen LogP contribution in [-0.2, 0) is 0 Å². The van der Waals surface area contributed by atoms with Crippen LogP contribution < -0.4 is 4.90 Å².